The van der Waals surface area contributed by atoms with Gasteiger partial charge in [-0.25, -0.2) is 0 Å². The van der Waals surface area contributed by atoms with Crippen LogP contribution in [0.2, 0.25) is 0 Å². The van der Waals surface area contributed by atoms with Gasteiger partial charge in [-0.05, 0) is 37.6 Å². The third-order valence-corrected chi connectivity index (χ3v) is 2.44. The number of nitrogens with zero attached hydrogens (tertiary/aromatic N) is 1. The van der Waals surface area contributed by atoms with E-state index in [-0.39, 0.29) is 0 Å². The summed E-state index contributed by atoms with van der Waals surface area (Å²) in [5.74, 6) is 0.934. The Morgan fingerprint density at radius 1 is 1.12 bits per heavy atom. The molecule has 0 fully saturated rings. The van der Waals surface area contributed by atoms with E-state index in [1.165, 1.54) is 0 Å². The maximum absolute atomic E-state index is 5.68. The van der Waals surface area contributed by atoms with Crippen LogP contribution in [-0.2, 0) is 0 Å². The van der Waals surface area contributed by atoms with Gasteiger partial charge in [-0.15, -0.1) is 0 Å². The molecule has 1 aromatic carbocycles. The van der Waals surface area contributed by atoms with Gasteiger partial charge in [0, 0.05) is 11.8 Å². The van der Waals surface area contributed by atoms with Crippen molar-refractivity contribution in [2.45, 2.75) is 13.8 Å². The maximum atomic E-state index is 5.68. The number of hydrogen-bond acceptors (Lipinski definition) is 2. The predicted molar refractivity (Wildman–Crippen MR) is 65.6 cm³/mol. The van der Waals surface area contributed by atoms with Gasteiger partial charge in [0.1, 0.15) is 5.75 Å². The number of benzene rings is 1. The summed E-state index contributed by atoms with van der Waals surface area (Å²) >= 11 is 0. The molecule has 1 aromatic heterocycles. The van der Waals surface area contributed by atoms with E-state index < -0.39 is 0 Å². The fraction of sp³-hybridized carbons (Fsp3) is 0.214. The van der Waals surface area contributed by atoms with Crippen LogP contribution in [0, 0.1) is 6.92 Å². The SMILES string of the molecule is CCOc1c(C)cccc1-c1ccccn1. The Kier molecular flexibility index (Phi) is 3.20. The van der Waals surface area contributed by atoms with E-state index in [2.05, 4.69) is 18.0 Å². The van der Waals surface area contributed by atoms with Crippen LogP contribution in [0.5, 0.6) is 5.75 Å². The summed E-state index contributed by atoms with van der Waals surface area (Å²) < 4.78 is 5.68. The maximum Gasteiger partial charge on any atom is 0.131 e. The fourth-order valence-electron chi connectivity index (χ4n) is 1.71. The molecule has 0 aliphatic rings. The summed E-state index contributed by atoms with van der Waals surface area (Å²) in [6.07, 6.45) is 1.80. The number of ether oxygens (including phenoxy) is 1. The molecule has 0 aliphatic heterocycles. The minimum atomic E-state index is 0.671. The molecule has 16 heavy (non-hydrogen) atoms. The van der Waals surface area contributed by atoms with E-state index in [4.69, 9.17) is 4.74 Å². The van der Waals surface area contributed by atoms with Crippen LogP contribution in [0.1, 0.15) is 12.5 Å². The second-order valence-corrected chi connectivity index (χ2v) is 3.60. The van der Waals surface area contributed by atoms with E-state index in [9.17, 15) is 0 Å². The van der Waals surface area contributed by atoms with Crippen LogP contribution in [0.25, 0.3) is 11.3 Å². The summed E-state index contributed by atoms with van der Waals surface area (Å²) in [6, 6.07) is 12.0. The monoisotopic (exact) mass is 213 g/mol. The summed E-state index contributed by atoms with van der Waals surface area (Å²) in [6.45, 7) is 4.72. The summed E-state index contributed by atoms with van der Waals surface area (Å²) in [7, 11) is 0. The second kappa shape index (κ2) is 4.79. The number of para-hydroxylation sites is 1. The van der Waals surface area contributed by atoms with Gasteiger partial charge in [0.2, 0.25) is 0 Å². The molecular formula is C14H15NO. The van der Waals surface area contributed by atoms with Crippen molar-refractivity contribution in [3.05, 3.63) is 48.2 Å². The molecule has 0 amide bonds. The lowest BCUT2D eigenvalue weighted by Gasteiger charge is -2.12. The fourth-order valence-corrected chi connectivity index (χ4v) is 1.71. The zero-order valence-electron chi connectivity index (χ0n) is 9.60. The molecule has 2 nitrogen and oxygen atoms in total. The Morgan fingerprint density at radius 2 is 2.00 bits per heavy atom. The zero-order chi connectivity index (χ0) is 11.4. The average molecular weight is 213 g/mol. The predicted octanol–water partition coefficient (Wildman–Crippen LogP) is 3.46. The van der Waals surface area contributed by atoms with Gasteiger partial charge >= 0.3 is 0 Å². The first-order valence-electron chi connectivity index (χ1n) is 5.46. The van der Waals surface area contributed by atoms with Crippen molar-refractivity contribution < 1.29 is 4.74 Å². The molecule has 2 aromatic rings. The van der Waals surface area contributed by atoms with E-state index in [1.54, 1.807) is 6.20 Å². The third kappa shape index (κ3) is 2.06. The van der Waals surface area contributed by atoms with Crippen molar-refractivity contribution in [3.8, 4) is 17.0 Å². The topological polar surface area (TPSA) is 22.1 Å². The molecule has 0 aliphatic carbocycles. The smallest absolute Gasteiger partial charge is 0.131 e. The van der Waals surface area contributed by atoms with Gasteiger partial charge in [0.05, 0.1) is 12.3 Å². The Balaban J connectivity index is 2.52. The van der Waals surface area contributed by atoms with Crippen LogP contribution in [0.4, 0.5) is 0 Å². The van der Waals surface area contributed by atoms with E-state index >= 15 is 0 Å². The second-order valence-electron chi connectivity index (χ2n) is 3.60. The van der Waals surface area contributed by atoms with Crippen LogP contribution < -0.4 is 4.74 Å². The largest absolute Gasteiger partial charge is 0.493 e. The lowest BCUT2D eigenvalue weighted by molar-refractivity contribution is 0.339. The Bertz CT molecular complexity index is 465. The van der Waals surface area contributed by atoms with Gasteiger partial charge in [0.25, 0.3) is 0 Å². The molecule has 0 saturated heterocycles. The lowest BCUT2D eigenvalue weighted by Crippen LogP contribution is -1.97. The normalized spacial score (nSPS) is 10.1. The molecule has 1 heterocycles. The van der Waals surface area contributed by atoms with Crippen molar-refractivity contribution in [2.24, 2.45) is 0 Å². The van der Waals surface area contributed by atoms with Crippen molar-refractivity contribution in [1.82, 2.24) is 4.98 Å². The highest BCUT2D eigenvalue weighted by Gasteiger charge is 2.08. The molecule has 0 N–H and O–H groups in total. The van der Waals surface area contributed by atoms with Gasteiger partial charge in [-0.3, -0.25) is 4.98 Å². The molecule has 0 saturated carbocycles. The molecule has 82 valence electrons. The highest BCUT2D eigenvalue weighted by molar-refractivity contribution is 5.68. The Hall–Kier alpha value is -1.83. The Labute approximate surface area is 95.9 Å². The summed E-state index contributed by atoms with van der Waals surface area (Å²) in [4.78, 5) is 4.35. The van der Waals surface area contributed by atoms with Crippen LogP contribution in [0.3, 0.4) is 0 Å². The third-order valence-electron chi connectivity index (χ3n) is 2.44. The minimum Gasteiger partial charge on any atom is -0.493 e. The number of aryl methyl sites for hydroxylation is 1. The highest BCUT2D eigenvalue weighted by atomic mass is 16.5. The molecule has 0 unspecified atom stereocenters. The molecule has 2 heteroatoms. The van der Waals surface area contributed by atoms with Gasteiger partial charge in [-0.2, -0.15) is 0 Å². The molecule has 0 atom stereocenters. The number of pyridine rings is 1. The van der Waals surface area contributed by atoms with Crippen molar-refractivity contribution in [2.75, 3.05) is 6.61 Å². The first-order chi connectivity index (χ1) is 7.83. The van der Waals surface area contributed by atoms with Crippen molar-refractivity contribution in [3.63, 3.8) is 0 Å². The quantitative estimate of drug-likeness (QED) is 0.779. The molecule has 0 radical (unpaired) electrons. The van der Waals surface area contributed by atoms with Crippen molar-refractivity contribution in [1.29, 1.82) is 0 Å². The Morgan fingerprint density at radius 3 is 2.69 bits per heavy atom. The highest BCUT2D eigenvalue weighted by Crippen LogP contribution is 2.31. The standard InChI is InChI=1S/C14H15NO/c1-3-16-14-11(2)7-6-8-12(14)13-9-4-5-10-15-13/h4-10H,3H2,1-2H3. The summed E-state index contributed by atoms with van der Waals surface area (Å²) in [5, 5.41) is 0. The molecular weight excluding hydrogens is 198 g/mol. The van der Waals surface area contributed by atoms with Crippen LogP contribution >= 0.6 is 0 Å². The van der Waals surface area contributed by atoms with Crippen LogP contribution in [0.15, 0.2) is 42.6 Å². The van der Waals surface area contributed by atoms with Gasteiger partial charge in [-0.1, -0.05) is 18.2 Å². The van der Waals surface area contributed by atoms with E-state index in [0.29, 0.717) is 6.61 Å². The average Bonchev–Trinajstić information content (AvgIpc) is 2.33. The van der Waals surface area contributed by atoms with E-state index in [0.717, 1.165) is 22.6 Å². The number of rotatable bonds is 3. The number of aromatic nitrogens is 1. The summed E-state index contributed by atoms with van der Waals surface area (Å²) in [5.41, 5.74) is 3.15. The van der Waals surface area contributed by atoms with Gasteiger partial charge < -0.3 is 4.74 Å². The lowest BCUT2D eigenvalue weighted by atomic mass is 10.1. The number of hydrogen-bond donors (Lipinski definition) is 0. The van der Waals surface area contributed by atoms with Crippen LogP contribution in [-0.4, -0.2) is 11.6 Å². The minimum absolute atomic E-state index is 0.671. The van der Waals surface area contributed by atoms with Crippen molar-refractivity contribution >= 4 is 0 Å². The molecule has 0 spiro atoms. The zero-order valence-corrected chi connectivity index (χ0v) is 9.60. The first-order valence-corrected chi connectivity index (χ1v) is 5.46. The molecule has 2 rings (SSSR count). The first kappa shape index (κ1) is 10.7. The molecule has 0 bridgehead atoms. The van der Waals surface area contributed by atoms with E-state index in [1.807, 2.05) is 37.3 Å². The van der Waals surface area contributed by atoms with Gasteiger partial charge in [0.15, 0.2) is 0 Å².